The van der Waals surface area contributed by atoms with Crippen LogP contribution in [0.5, 0.6) is 5.75 Å². The molecule has 3 N–H and O–H groups in total. The van der Waals surface area contributed by atoms with Gasteiger partial charge in [0.15, 0.2) is 5.37 Å². The zero-order valence-corrected chi connectivity index (χ0v) is 22.9. The van der Waals surface area contributed by atoms with E-state index in [1.807, 2.05) is 0 Å². The van der Waals surface area contributed by atoms with Crippen LogP contribution in [0.4, 0.5) is 11.4 Å². The second-order valence-electron chi connectivity index (χ2n) is 8.50. The van der Waals surface area contributed by atoms with Crippen molar-refractivity contribution in [3.05, 3.63) is 112 Å². The van der Waals surface area contributed by atoms with Crippen molar-refractivity contribution >= 4 is 39.5 Å². The lowest BCUT2D eigenvalue weighted by Crippen LogP contribution is -2.26. The van der Waals surface area contributed by atoms with Crippen LogP contribution in [-0.2, 0) is 9.84 Å². The molecule has 0 saturated carbocycles. The average Bonchev–Trinajstić information content (AvgIpc) is 2.96. The third-order valence-corrected chi connectivity index (χ3v) is 7.97. The van der Waals surface area contributed by atoms with Gasteiger partial charge >= 0.3 is 0 Å². The van der Waals surface area contributed by atoms with E-state index in [4.69, 9.17) is 4.74 Å². The number of benzene rings is 3. The molecule has 0 radical (unpaired) electrons. The summed E-state index contributed by atoms with van der Waals surface area (Å²) < 4.78 is 32.8. The van der Waals surface area contributed by atoms with Crippen LogP contribution in [0.15, 0.2) is 90.1 Å². The minimum absolute atomic E-state index is 0. The number of sulfone groups is 1. The topological polar surface area (TPSA) is 161 Å². The molecule has 1 aromatic heterocycles. The number of aryl methyl sites for hydroxylation is 1. The molecule has 0 aliphatic carbocycles. The number of halogens is 1. The number of ether oxygens (including phenoxy) is 1. The molecule has 4 rings (SSSR count). The molecule has 1 unspecified atom stereocenters. The zero-order valence-electron chi connectivity index (χ0n) is 21.3. The van der Waals surface area contributed by atoms with Crippen LogP contribution in [0.25, 0.3) is 11.1 Å². The van der Waals surface area contributed by atoms with E-state index in [1.165, 1.54) is 68.0 Å². The van der Waals surface area contributed by atoms with Crippen LogP contribution < -0.4 is 15.5 Å². The maximum atomic E-state index is 13.8. The first-order valence-electron chi connectivity index (χ1n) is 11.5. The summed E-state index contributed by atoms with van der Waals surface area (Å²) in [7, 11) is -2.63. The number of nitro groups is 1. The van der Waals surface area contributed by atoms with E-state index in [0.29, 0.717) is 28.0 Å². The van der Waals surface area contributed by atoms with Gasteiger partial charge < -0.3 is 10.1 Å². The summed E-state index contributed by atoms with van der Waals surface area (Å²) in [6, 6.07) is 18.0. The second-order valence-corrected chi connectivity index (χ2v) is 10.5. The molecule has 0 fully saturated rings. The van der Waals surface area contributed by atoms with Gasteiger partial charge in [-0.25, -0.2) is 13.9 Å². The SMILES string of the molecule is COc1ccc(S(=O)(=O)C(Nc2c(C)cc(-c3cccc([N+](=O)[O-])c3)cc2C(=O)NO)c2cccnc2)cc1.Cl. The fraction of sp³-hybridized carbons (Fsp3) is 0.111. The number of non-ortho nitro benzene ring substituents is 1. The van der Waals surface area contributed by atoms with Crippen LogP contribution in [0, 0.1) is 17.0 Å². The van der Waals surface area contributed by atoms with Crippen LogP contribution in [-0.4, -0.2) is 36.5 Å². The van der Waals surface area contributed by atoms with Gasteiger partial charge in [0.1, 0.15) is 5.75 Å². The van der Waals surface area contributed by atoms with Gasteiger partial charge in [-0.05, 0) is 66.1 Å². The number of anilines is 1. The summed E-state index contributed by atoms with van der Waals surface area (Å²) in [4.78, 5) is 27.6. The number of aromatic nitrogens is 1. The Morgan fingerprint density at radius 3 is 2.38 bits per heavy atom. The Balaban J connectivity index is 0.00000441. The van der Waals surface area contributed by atoms with Crippen molar-refractivity contribution in [3.8, 4) is 16.9 Å². The largest absolute Gasteiger partial charge is 0.497 e. The number of nitrogens with zero attached hydrogens (tertiary/aromatic N) is 2. The van der Waals surface area contributed by atoms with E-state index in [1.54, 1.807) is 36.7 Å². The molecule has 40 heavy (non-hydrogen) atoms. The van der Waals surface area contributed by atoms with Crippen molar-refractivity contribution in [2.24, 2.45) is 0 Å². The number of hydroxylamine groups is 1. The predicted molar refractivity (Wildman–Crippen MR) is 151 cm³/mol. The Morgan fingerprint density at radius 1 is 1.05 bits per heavy atom. The third kappa shape index (κ3) is 6.20. The maximum absolute atomic E-state index is 13.8. The van der Waals surface area contributed by atoms with Gasteiger partial charge in [-0.2, -0.15) is 0 Å². The third-order valence-electron chi connectivity index (χ3n) is 6.03. The van der Waals surface area contributed by atoms with E-state index in [2.05, 4.69) is 10.3 Å². The molecule has 0 aliphatic rings. The van der Waals surface area contributed by atoms with Crippen molar-refractivity contribution in [3.63, 3.8) is 0 Å². The highest BCUT2D eigenvalue weighted by Gasteiger charge is 2.31. The first kappa shape index (κ1) is 30.0. The molecule has 1 heterocycles. The Kier molecular flexibility index (Phi) is 9.43. The molecule has 0 saturated heterocycles. The number of nitrogens with one attached hydrogen (secondary N) is 2. The van der Waals surface area contributed by atoms with Gasteiger partial charge in [0.2, 0.25) is 9.84 Å². The van der Waals surface area contributed by atoms with E-state index in [9.17, 15) is 28.5 Å². The molecule has 208 valence electrons. The second kappa shape index (κ2) is 12.6. The first-order chi connectivity index (χ1) is 18.6. The summed E-state index contributed by atoms with van der Waals surface area (Å²) in [5.41, 5.74) is 3.20. The summed E-state index contributed by atoms with van der Waals surface area (Å²) in [5.74, 6) is -0.422. The molecule has 0 bridgehead atoms. The molecule has 11 nitrogen and oxygen atoms in total. The molecule has 13 heteroatoms. The number of hydrogen-bond acceptors (Lipinski definition) is 9. The molecule has 1 atom stereocenters. The average molecular weight is 585 g/mol. The molecular formula is C27H25ClN4O7S. The molecule has 1 amide bonds. The van der Waals surface area contributed by atoms with Gasteiger partial charge in [-0.15, -0.1) is 12.4 Å². The Hall–Kier alpha value is -4.52. The van der Waals surface area contributed by atoms with Gasteiger partial charge in [0.05, 0.1) is 28.2 Å². The van der Waals surface area contributed by atoms with Gasteiger partial charge in [-0.1, -0.05) is 18.2 Å². The minimum atomic E-state index is -4.10. The minimum Gasteiger partial charge on any atom is -0.497 e. The normalized spacial score (nSPS) is 11.6. The highest BCUT2D eigenvalue weighted by molar-refractivity contribution is 7.91. The number of pyridine rings is 1. The number of carbonyl (C=O) groups is 1. The maximum Gasteiger partial charge on any atom is 0.276 e. The number of amides is 1. The van der Waals surface area contributed by atoms with Crippen molar-refractivity contribution < 1.29 is 28.1 Å². The van der Waals surface area contributed by atoms with Crippen LogP contribution >= 0.6 is 12.4 Å². The molecule has 0 aliphatic heterocycles. The monoisotopic (exact) mass is 584 g/mol. The Morgan fingerprint density at radius 2 is 1.77 bits per heavy atom. The van der Waals surface area contributed by atoms with Crippen molar-refractivity contribution in [2.75, 3.05) is 12.4 Å². The lowest BCUT2D eigenvalue weighted by atomic mass is 9.97. The smallest absolute Gasteiger partial charge is 0.276 e. The Labute approximate surface area is 236 Å². The highest BCUT2D eigenvalue weighted by atomic mass is 35.5. The Bertz CT molecular complexity index is 1630. The first-order valence-corrected chi connectivity index (χ1v) is 13.1. The van der Waals surface area contributed by atoms with Crippen LogP contribution in [0.1, 0.15) is 26.9 Å². The fourth-order valence-electron chi connectivity index (χ4n) is 4.09. The van der Waals surface area contributed by atoms with Gasteiger partial charge in [0, 0.05) is 30.1 Å². The van der Waals surface area contributed by atoms with E-state index >= 15 is 0 Å². The molecule has 3 aromatic carbocycles. The lowest BCUT2D eigenvalue weighted by Gasteiger charge is -2.24. The number of carbonyl (C=O) groups excluding carboxylic acids is 1. The summed E-state index contributed by atoms with van der Waals surface area (Å²) in [5, 5.41) is 22.3. The number of rotatable bonds is 9. The fourth-order valence-corrected chi connectivity index (χ4v) is 5.65. The predicted octanol–water partition coefficient (Wildman–Crippen LogP) is 5.10. The van der Waals surface area contributed by atoms with Crippen molar-refractivity contribution in [1.82, 2.24) is 10.5 Å². The van der Waals surface area contributed by atoms with Crippen molar-refractivity contribution in [1.29, 1.82) is 0 Å². The molecule has 4 aromatic rings. The standard InChI is InChI=1S/C27H24N4O7S.ClH/c1-17-13-20(18-5-3-7-21(14-18)31(34)35)15-24(26(32)30-33)25(17)29-27(19-6-4-12-28-16-19)39(36,37)23-10-8-22(38-2)9-11-23;/h3-16,27,29,33H,1-2H3,(H,30,32);1H. The summed E-state index contributed by atoms with van der Waals surface area (Å²) >= 11 is 0. The highest BCUT2D eigenvalue weighted by Crippen LogP contribution is 2.36. The summed E-state index contributed by atoms with van der Waals surface area (Å²) in [6.45, 7) is 1.65. The van der Waals surface area contributed by atoms with Crippen molar-refractivity contribution in [2.45, 2.75) is 17.2 Å². The van der Waals surface area contributed by atoms with Gasteiger partial charge in [-0.3, -0.25) is 25.1 Å². The number of methoxy groups -OCH3 is 1. The van der Waals surface area contributed by atoms with E-state index in [-0.39, 0.29) is 34.2 Å². The van der Waals surface area contributed by atoms with E-state index < -0.39 is 26.0 Å². The molecular weight excluding hydrogens is 560 g/mol. The summed E-state index contributed by atoms with van der Waals surface area (Å²) in [6.07, 6.45) is 2.90. The van der Waals surface area contributed by atoms with E-state index in [0.717, 1.165) is 0 Å². The van der Waals surface area contributed by atoms with Crippen LogP contribution in [0.2, 0.25) is 0 Å². The zero-order chi connectivity index (χ0) is 28.2. The quantitative estimate of drug-likeness (QED) is 0.138. The lowest BCUT2D eigenvalue weighted by molar-refractivity contribution is -0.384. The number of hydrogen-bond donors (Lipinski definition) is 3. The van der Waals surface area contributed by atoms with Crippen LogP contribution in [0.3, 0.4) is 0 Å². The molecule has 0 spiro atoms. The number of nitro benzene ring substituents is 1. The van der Waals surface area contributed by atoms with Gasteiger partial charge in [0.25, 0.3) is 11.6 Å².